The molecule has 0 aliphatic rings. The molecule has 158 valence electrons. The molecule has 31 heavy (non-hydrogen) atoms. The molecule has 0 unspecified atom stereocenters. The van der Waals surface area contributed by atoms with Crippen LogP contribution in [-0.4, -0.2) is 22.6 Å². The molecule has 1 aromatic heterocycles. The first-order valence-corrected chi connectivity index (χ1v) is 11.2. The van der Waals surface area contributed by atoms with Crippen molar-refractivity contribution in [3.05, 3.63) is 72.3 Å². The Balaban J connectivity index is 1.42. The summed E-state index contributed by atoms with van der Waals surface area (Å²) in [6.45, 7) is 2.83. The number of rotatable bonds is 8. The molecule has 1 heterocycles. The van der Waals surface area contributed by atoms with Gasteiger partial charge in [-0.25, -0.2) is 4.98 Å². The van der Waals surface area contributed by atoms with Gasteiger partial charge >= 0.3 is 0 Å². The van der Waals surface area contributed by atoms with E-state index in [0.717, 1.165) is 40.2 Å². The van der Waals surface area contributed by atoms with Gasteiger partial charge in [0.05, 0.1) is 22.4 Å². The number of aromatic hydroxyl groups is 1. The quantitative estimate of drug-likeness (QED) is 0.312. The Bertz CT molecular complexity index is 1150. The fraction of sp³-hybridized carbons (Fsp3) is 0.200. The van der Waals surface area contributed by atoms with Gasteiger partial charge in [0.15, 0.2) is 0 Å². The van der Waals surface area contributed by atoms with Crippen molar-refractivity contribution in [2.24, 2.45) is 0 Å². The summed E-state index contributed by atoms with van der Waals surface area (Å²) in [5, 5.41) is 14.1. The smallest absolute Gasteiger partial charge is 0.255 e. The Morgan fingerprint density at radius 2 is 1.87 bits per heavy atom. The van der Waals surface area contributed by atoms with Gasteiger partial charge in [0.2, 0.25) is 0 Å². The molecule has 0 atom stereocenters. The van der Waals surface area contributed by atoms with Gasteiger partial charge in [-0.3, -0.25) is 4.79 Å². The number of nitrogens with zero attached hydrogens (tertiary/aromatic N) is 1. The Morgan fingerprint density at radius 1 is 1.06 bits per heavy atom. The maximum Gasteiger partial charge on any atom is 0.255 e. The first-order chi connectivity index (χ1) is 15.1. The van der Waals surface area contributed by atoms with Crippen LogP contribution in [0.25, 0.3) is 20.8 Å². The van der Waals surface area contributed by atoms with Gasteiger partial charge in [-0.15, -0.1) is 11.3 Å². The zero-order valence-corrected chi connectivity index (χ0v) is 18.1. The molecule has 1 amide bonds. The van der Waals surface area contributed by atoms with E-state index in [1.807, 2.05) is 24.3 Å². The van der Waals surface area contributed by atoms with Gasteiger partial charge in [0, 0.05) is 17.3 Å². The Labute approximate surface area is 185 Å². The van der Waals surface area contributed by atoms with E-state index in [1.165, 1.54) is 11.3 Å². The van der Waals surface area contributed by atoms with Crippen LogP contribution in [0, 0.1) is 0 Å². The predicted molar refractivity (Wildman–Crippen MR) is 126 cm³/mol. The zero-order valence-electron chi connectivity index (χ0n) is 17.3. The van der Waals surface area contributed by atoms with E-state index in [1.54, 1.807) is 42.5 Å². The molecule has 0 radical (unpaired) electrons. The topological polar surface area (TPSA) is 71.5 Å². The van der Waals surface area contributed by atoms with Gasteiger partial charge in [0.1, 0.15) is 16.5 Å². The van der Waals surface area contributed by atoms with Crippen molar-refractivity contribution in [3.63, 3.8) is 0 Å². The Kier molecular flexibility index (Phi) is 6.48. The molecule has 4 rings (SSSR count). The number of aromatic nitrogens is 1. The second-order valence-electron chi connectivity index (χ2n) is 7.25. The van der Waals surface area contributed by atoms with E-state index >= 15 is 0 Å². The van der Waals surface area contributed by atoms with E-state index in [4.69, 9.17) is 4.74 Å². The summed E-state index contributed by atoms with van der Waals surface area (Å²) >= 11 is 1.52. The molecule has 0 saturated carbocycles. The van der Waals surface area contributed by atoms with Gasteiger partial charge < -0.3 is 15.2 Å². The lowest BCUT2D eigenvalue weighted by molar-refractivity contribution is 0.102. The number of nitrogens with one attached hydrogen (secondary N) is 1. The number of phenols is 1. The summed E-state index contributed by atoms with van der Waals surface area (Å²) in [6, 6.07) is 20.0. The Morgan fingerprint density at radius 3 is 2.61 bits per heavy atom. The minimum atomic E-state index is -0.246. The number of amides is 1. The summed E-state index contributed by atoms with van der Waals surface area (Å²) in [5.74, 6) is 0.586. The lowest BCUT2D eigenvalue weighted by atomic mass is 10.1. The summed E-state index contributed by atoms with van der Waals surface area (Å²) < 4.78 is 6.75. The number of anilines is 1. The number of para-hydroxylation sites is 1. The third-order valence-corrected chi connectivity index (χ3v) is 5.98. The number of carbonyl (C=O) groups excluding carboxylic acids is 1. The van der Waals surface area contributed by atoms with E-state index in [2.05, 4.69) is 17.2 Å². The second-order valence-corrected chi connectivity index (χ2v) is 8.28. The largest absolute Gasteiger partial charge is 0.507 e. The SMILES string of the molecule is CCCCCOc1ccc(C(=O)Nc2ccc(-c3nc4ccccc4s3)c(O)c2)cc1. The van der Waals surface area contributed by atoms with E-state index in [0.29, 0.717) is 23.4 Å². The van der Waals surface area contributed by atoms with Crippen LogP contribution in [-0.2, 0) is 0 Å². The molecule has 0 spiro atoms. The molecule has 0 fully saturated rings. The van der Waals surface area contributed by atoms with Crippen LogP contribution in [0.2, 0.25) is 0 Å². The average Bonchev–Trinajstić information content (AvgIpc) is 3.21. The number of thiazole rings is 1. The first kappa shape index (κ1) is 20.9. The number of benzene rings is 3. The maximum absolute atomic E-state index is 12.6. The molecular weight excluding hydrogens is 408 g/mol. The fourth-order valence-electron chi connectivity index (χ4n) is 3.23. The van der Waals surface area contributed by atoms with Crippen molar-refractivity contribution in [2.75, 3.05) is 11.9 Å². The number of hydrogen-bond acceptors (Lipinski definition) is 5. The molecule has 2 N–H and O–H groups in total. The third-order valence-electron chi connectivity index (χ3n) is 4.91. The van der Waals surface area contributed by atoms with Crippen LogP contribution in [0.1, 0.15) is 36.5 Å². The van der Waals surface area contributed by atoms with Gasteiger partial charge in [-0.2, -0.15) is 0 Å². The van der Waals surface area contributed by atoms with Crippen LogP contribution >= 0.6 is 11.3 Å². The van der Waals surface area contributed by atoms with Crippen LogP contribution < -0.4 is 10.1 Å². The fourth-order valence-corrected chi connectivity index (χ4v) is 4.23. The molecule has 3 aromatic carbocycles. The highest BCUT2D eigenvalue weighted by molar-refractivity contribution is 7.21. The summed E-state index contributed by atoms with van der Waals surface area (Å²) in [7, 11) is 0. The first-order valence-electron chi connectivity index (χ1n) is 10.4. The van der Waals surface area contributed by atoms with Gasteiger partial charge in [0.25, 0.3) is 5.91 Å². The van der Waals surface area contributed by atoms with Crippen molar-refractivity contribution >= 4 is 33.1 Å². The van der Waals surface area contributed by atoms with Crippen LogP contribution in [0.3, 0.4) is 0 Å². The summed E-state index contributed by atoms with van der Waals surface area (Å²) in [4.78, 5) is 17.1. The van der Waals surface area contributed by atoms with E-state index in [9.17, 15) is 9.90 Å². The number of phenolic OH excluding ortho intramolecular Hbond substituents is 1. The lowest BCUT2D eigenvalue weighted by Crippen LogP contribution is -2.11. The second kappa shape index (κ2) is 9.62. The van der Waals surface area contributed by atoms with Crippen molar-refractivity contribution in [1.29, 1.82) is 0 Å². The number of hydrogen-bond donors (Lipinski definition) is 2. The average molecular weight is 433 g/mol. The van der Waals surface area contributed by atoms with Crippen LogP contribution in [0.5, 0.6) is 11.5 Å². The highest BCUT2D eigenvalue weighted by Crippen LogP contribution is 2.36. The van der Waals surface area contributed by atoms with Crippen molar-refractivity contribution in [3.8, 4) is 22.1 Å². The molecule has 0 bridgehead atoms. The van der Waals surface area contributed by atoms with Gasteiger partial charge in [-0.05, 0) is 55.0 Å². The molecule has 0 aliphatic carbocycles. The van der Waals surface area contributed by atoms with Crippen LogP contribution in [0.15, 0.2) is 66.7 Å². The number of carbonyl (C=O) groups is 1. The van der Waals surface area contributed by atoms with Crippen molar-refractivity contribution in [1.82, 2.24) is 4.98 Å². The predicted octanol–water partition coefficient (Wildman–Crippen LogP) is 6.49. The number of ether oxygens (including phenoxy) is 1. The third kappa shape index (κ3) is 5.03. The minimum absolute atomic E-state index is 0.0766. The highest BCUT2D eigenvalue weighted by atomic mass is 32.1. The Hall–Kier alpha value is -3.38. The summed E-state index contributed by atoms with van der Waals surface area (Å²) in [6.07, 6.45) is 3.32. The normalized spacial score (nSPS) is 10.9. The molecule has 5 nitrogen and oxygen atoms in total. The highest BCUT2D eigenvalue weighted by Gasteiger charge is 2.13. The van der Waals surface area contributed by atoms with E-state index < -0.39 is 0 Å². The van der Waals surface area contributed by atoms with Gasteiger partial charge in [-0.1, -0.05) is 31.9 Å². The number of unbranched alkanes of at least 4 members (excludes halogenated alkanes) is 2. The monoisotopic (exact) mass is 432 g/mol. The molecule has 0 saturated heterocycles. The molecular formula is C25H24N2O3S. The number of fused-ring (bicyclic) bond motifs is 1. The lowest BCUT2D eigenvalue weighted by Gasteiger charge is -2.09. The standard InChI is InChI=1S/C25H24N2O3S/c1-2-3-6-15-30-19-12-9-17(10-13-19)24(29)26-18-11-14-20(22(28)16-18)25-27-21-7-4-5-8-23(21)31-25/h4-5,7-14,16,28H,2-3,6,15H2,1H3,(H,26,29). The van der Waals surface area contributed by atoms with Crippen molar-refractivity contribution in [2.45, 2.75) is 26.2 Å². The van der Waals surface area contributed by atoms with Crippen LogP contribution in [0.4, 0.5) is 5.69 Å². The zero-order chi connectivity index (χ0) is 21.6. The van der Waals surface area contributed by atoms with Crippen molar-refractivity contribution < 1.29 is 14.6 Å². The molecule has 0 aliphatic heterocycles. The maximum atomic E-state index is 12.6. The van der Waals surface area contributed by atoms with E-state index in [-0.39, 0.29) is 11.7 Å². The minimum Gasteiger partial charge on any atom is -0.507 e. The molecule has 4 aromatic rings. The molecule has 6 heteroatoms. The summed E-state index contributed by atoms with van der Waals surface area (Å²) in [5.41, 5.74) is 2.59.